The van der Waals surface area contributed by atoms with Crippen LogP contribution in [0.5, 0.6) is 0 Å². The molecule has 18 heavy (non-hydrogen) atoms. The van der Waals surface area contributed by atoms with E-state index in [0.717, 1.165) is 37.8 Å². The van der Waals surface area contributed by atoms with E-state index in [0.29, 0.717) is 5.69 Å². The number of alkyl halides is 3. The van der Waals surface area contributed by atoms with E-state index < -0.39 is 11.7 Å². The van der Waals surface area contributed by atoms with Crippen LogP contribution in [0.1, 0.15) is 45.1 Å². The highest BCUT2D eigenvalue weighted by Gasteiger charge is 2.30. The van der Waals surface area contributed by atoms with Crippen LogP contribution in [0.2, 0.25) is 0 Å². The standard InChI is InChI=1S/C14H20F3N/c1-3-4-5-7-11(2)18-13-9-6-8-12(10-13)14(15,16)17/h6,8-11,18H,3-5,7H2,1-2H3. The largest absolute Gasteiger partial charge is 0.416 e. The van der Waals surface area contributed by atoms with Crippen LogP contribution in [-0.4, -0.2) is 6.04 Å². The number of rotatable bonds is 6. The van der Waals surface area contributed by atoms with Crippen LogP contribution >= 0.6 is 0 Å². The van der Waals surface area contributed by atoms with Crippen molar-refractivity contribution in [3.05, 3.63) is 29.8 Å². The van der Waals surface area contributed by atoms with Crippen molar-refractivity contribution in [2.45, 2.75) is 51.7 Å². The quantitative estimate of drug-likeness (QED) is 0.702. The molecule has 0 fully saturated rings. The summed E-state index contributed by atoms with van der Waals surface area (Å²) < 4.78 is 37.6. The van der Waals surface area contributed by atoms with Crippen LogP contribution in [0.3, 0.4) is 0 Å². The van der Waals surface area contributed by atoms with Gasteiger partial charge in [-0.15, -0.1) is 0 Å². The Balaban J connectivity index is 2.57. The van der Waals surface area contributed by atoms with Crippen molar-refractivity contribution in [3.63, 3.8) is 0 Å². The van der Waals surface area contributed by atoms with E-state index in [9.17, 15) is 13.2 Å². The molecular formula is C14H20F3N. The molecule has 1 nitrogen and oxygen atoms in total. The van der Waals surface area contributed by atoms with Crippen molar-refractivity contribution < 1.29 is 13.2 Å². The van der Waals surface area contributed by atoms with E-state index >= 15 is 0 Å². The Kier molecular flexibility index (Phi) is 5.51. The molecule has 0 aliphatic heterocycles. The maximum atomic E-state index is 12.5. The minimum Gasteiger partial charge on any atom is -0.383 e. The van der Waals surface area contributed by atoms with Gasteiger partial charge in [0.1, 0.15) is 0 Å². The molecule has 0 amide bonds. The molecule has 1 unspecified atom stereocenters. The number of benzene rings is 1. The molecule has 102 valence electrons. The summed E-state index contributed by atoms with van der Waals surface area (Å²) in [7, 11) is 0. The van der Waals surface area contributed by atoms with Gasteiger partial charge in [-0.2, -0.15) is 13.2 Å². The third-order valence-electron chi connectivity index (χ3n) is 2.84. The minimum atomic E-state index is -4.27. The fourth-order valence-electron chi connectivity index (χ4n) is 1.84. The molecule has 0 heterocycles. The minimum absolute atomic E-state index is 0.194. The lowest BCUT2D eigenvalue weighted by Gasteiger charge is -2.16. The predicted octanol–water partition coefficient (Wildman–Crippen LogP) is 5.09. The second kappa shape index (κ2) is 6.66. The van der Waals surface area contributed by atoms with Gasteiger partial charge in [-0.1, -0.05) is 32.3 Å². The summed E-state index contributed by atoms with van der Waals surface area (Å²) in [6, 6.07) is 5.55. The first-order valence-corrected chi connectivity index (χ1v) is 6.37. The van der Waals surface area contributed by atoms with Crippen molar-refractivity contribution in [3.8, 4) is 0 Å². The fraction of sp³-hybridized carbons (Fsp3) is 0.571. The molecule has 1 N–H and O–H groups in total. The molecule has 1 atom stereocenters. The lowest BCUT2D eigenvalue weighted by Crippen LogP contribution is -2.15. The van der Waals surface area contributed by atoms with Gasteiger partial charge in [0.05, 0.1) is 5.56 Å². The van der Waals surface area contributed by atoms with Gasteiger partial charge in [0, 0.05) is 11.7 Å². The average Bonchev–Trinajstić information content (AvgIpc) is 2.28. The van der Waals surface area contributed by atoms with E-state index in [1.165, 1.54) is 6.07 Å². The lowest BCUT2D eigenvalue weighted by atomic mass is 10.1. The second-order valence-corrected chi connectivity index (χ2v) is 4.62. The van der Waals surface area contributed by atoms with Crippen LogP contribution in [-0.2, 0) is 6.18 Å². The van der Waals surface area contributed by atoms with E-state index in [1.54, 1.807) is 6.07 Å². The fourth-order valence-corrected chi connectivity index (χ4v) is 1.84. The Hall–Kier alpha value is -1.19. The molecule has 0 aliphatic carbocycles. The SMILES string of the molecule is CCCCCC(C)Nc1cccc(C(F)(F)F)c1. The molecule has 1 aromatic carbocycles. The van der Waals surface area contributed by atoms with Gasteiger partial charge in [-0.3, -0.25) is 0 Å². The zero-order valence-electron chi connectivity index (χ0n) is 10.8. The van der Waals surface area contributed by atoms with Crippen LogP contribution in [0.4, 0.5) is 18.9 Å². The monoisotopic (exact) mass is 259 g/mol. The van der Waals surface area contributed by atoms with Crippen molar-refractivity contribution in [2.24, 2.45) is 0 Å². The van der Waals surface area contributed by atoms with E-state index in [4.69, 9.17) is 0 Å². The van der Waals surface area contributed by atoms with Crippen molar-refractivity contribution in [2.75, 3.05) is 5.32 Å². The Morgan fingerprint density at radius 2 is 1.94 bits per heavy atom. The van der Waals surface area contributed by atoms with E-state index in [-0.39, 0.29) is 6.04 Å². The third-order valence-corrected chi connectivity index (χ3v) is 2.84. The molecular weight excluding hydrogens is 239 g/mol. The Morgan fingerprint density at radius 3 is 2.56 bits per heavy atom. The summed E-state index contributed by atoms with van der Waals surface area (Å²) in [6.45, 7) is 4.13. The molecule has 0 aliphatic rings. The molecule has 1 rings (SSSR count). The molecule has 0 bridgehead atoms. The number of hydrogen-bond acceptors (Lipinski definition) is 1. The molecule has 0 saturated heterocycles. The second-order valence-electron chi connectivity index (χ2n) is 4.62. The van der Waals surface area contributed by atoms with Crippen LogP contribution in [0, 0.1) is 0 Å². The molecule has 0 saturated carbocycles. The number of nitrogens with one attached hydrogen (secondary N) is 1. The molecule has 0 aromatic heterocycles. The van der Waals surface area contributed by atoms with E-state index in [2.05, 4.69) is 12.2 Å². The molecule has 0 spiro atoms. The maximum Gasteiger partial charge on any atom is 0.416 e. The average molecular weight is 259 g/mol. The van der Waals surface area contributed by atoms with E-state index in [1.807, 2.05) is 6.92 Å². The number of anilines is 1. The summed E-state index contributed by atoms with van der Waals surface area (Å²) in [5.41, 5.74) is -0.0675. The first-order valence-electron chi connectivity index (χ1n) is 6.37. The van der Waals surface area contributed by atoms with Gasteiger partial charge >= 0.3 is 6.18 Å². The summed E-state index contributed by atoms with van der Waals surface area (Å²) in [5, 5.41) is 3.11. The zero-order chi connectivity index (χ0) is 13.6. The molecule has 4 heteroatoms. The van der Waals surface area contributed by atoms with Crippen LogP contribution < -0.4 is 5.32 Å². The van der Waals surface area contributed by atoms with Gasteiger partial charge in [0.15, 0.2) is 0 Å². The predicted molar refractivity (Wildman–Crippen MR) is 68.7 cm³/mol. The van der Waals surface area contributed by atoms with Crippen molar-refractivity contribution in [1.29, 1.82) is 0 Å². The number of unbranched alkanes of at least 4 members (excludes halogenated alkanes) is 2. The van der Waals surface area contributed by atoms with Crippen molar-refractivity contribution in [1.82, 2.24) is 0 Å². The van der Waals surface area contributed by atoms with Crippen LogP contribution in [0.25, 0.3) is 0 Å². The number of halogens is 3. The van der Waals surface area contributed by atoms with Gasteiger partial charge < -0.3 is 5.32 Å². The zero-order valence-corrected chi connectivity index (χ0v) is 10.8. The third kappa shape index (κ3) is 4.98. The van der Waals surface area contributed by atoms with Gasteiger partial charge in [-0.25, -0.2) is 0 Å². The smallest absolute Gasteiger partial charge is 0.383 e. The van der Waals surface area contributed by atoms with Gasteiger partial charge in [0.25, 0.3) is 0 Å². The Labute approximate surface area is 106 Å². The topological polar surface area (TPSA) is 12.0 Å². The maximum absolute atomic E-state index is 12.5. The molecule has 0 radical (unpaired) electrons. The number of hydrogen-bond donors (Lipinski definition) is 1. The summed E-state index contributed by atoms with van der Waals surface area (Å²) >= 11 is 0. The van der Waals surface area contributed by atoms with Crippen molar-refractivity contribution >= 4 is 5.69 Å². The normalized spacial score (nSPS) is 13.4. The first-order chi connectivity index (χ1) is 8.43. The summed E-state index contributed by atoms with van der Waals surface area (Å²) in [6.07, 6.45) is 0.113. The first kappa shape index (κ1) is 14.9. The summed E-state index contributed by atoms with van der Waals surface area (Å²) in [5.74, 6) is 0. The lowest BCUT2D eigenvalue weighted by molar-refractivity contribution is -0.137. The highest BCUT2D eigenvalue weighted by Crippen LogP contribution is 2.30. The highest BCUT2D eigenvalue weighted by molar-refractivity contribution is 5.47. The summed E-state index contributed by atoms with van der Waals surface area (Å²) in [4.78, 5) is 0. The Bertz CT molecular complexity index is 360. The van der Waals surface area contributed by atoms with Crippen LogP contribution in [0.15, 0.2) is 24.3 Å². The Morgan fingerprint density at radius 1 is 1.22 bits per heavy atom. The highest BCUT2D eigenvalue weighted by atomic mass is 19.4. The molecule has 1 aromatic rings. The van der Waals surface area contributed by atoms with Gasteiger partial charge in [0.2, 0.25) is 0 Å². The van der Waals surface area contributed by atoms with Gasteiger partial charge in [-0.05, 0) is 31.5 Å².